The van der Waals surface area contributed by atoms with Crippen LogP contribution in [-0.4, -0.2) is 40.9 Å². The van der Waals surface area contributed by atoms with E-state index >= 15 is 0 Å². The zero-order valence-corrected chi connectivity index (χ0v) is 12.7. The third-order valence-electron chi connectivity index (χ3n) is 4.39. The Morgan fingerprint density at radius 1 is 1.19 bits per heavy atom. The summed E-state index contributed by atoms with van der Waals surface area (Å²) < 4.78 is 0. The molecule has 1 aromatic rings. The van der Waals surface area contributed by atoms with Gasteiger partial charge in [0.2, 0.25) is 0 Å². The Morgan fingerprint density at radius 2 is 1.86 bits per heavy atom. The Kier molecular flexibility index (Phi) is 6.43. The second-order valence-electron chi connectivity index (χ2n) is 6.01. The van der Waals surface area contributed by atoms with E-state index in [1.54, 1.807) is 0 Å². The highest BCUT2D eigenvalue weighted by atomic mass is 16.3. The first-order chi connectivity index (χ1) is 10.2. The minimum atomic E-state index is -0.362. The highest BCUT2D eigenvalue weighted by molar-refractivity contribution is 5.18. The molecule has 2 N–H and O–H groups in total. The van der Waals surface area contributed by atoms with Crippen LogP contribution in [0.25, 0.3) is 0 Å². The number of hydrogen-bond donors (Lipinski definition) is 2. The van der Waals surface area contributed by atoms with Crippen LogP contribution in [0.1, 0.15) is 37.4 Å². The molecule has 21 heavy (non-hydrogen) atoms. The molecule has 1 aliphatic rings. The van der Waals surface area contributed by atoms with Crippen molar-refractivity contribution in [2.75, 3.05) is 19.6 Å². The van der Waals surface area contributed by atoms with Gasteiger partial charge in [0, 0.05) is 6.54 Å². The Morgan fingerprint density at radius 3 is 2.48 bits per heavy atom. The fraction of sp³-hybridized carbons (Fsp3) is 0.556. The molecule has 2 rings (SSSR count). The molecule has 1 fully saturated rings. The van der Waals surface area contributed by atoms with Crippen molar-refractivity contribution in [1.29, 1.82) is 0 Å². The van der Waals surface area contributed by atoms with Gasteiger partial charge < -0.3 is 15.1 Å². The summed E-state index contributed by atoms with van der Waals surface area (Å²) in [6, 6.07) is 9.92. The van der Waals surface area contributed by atoms with Crippen LogP contribution >= 0.6 is 0 Å². The van der Waals surface area contributed by atoms with Crippen molar-refractivity contribution in [3.8, 4) is 0 Å². The molecule has 0 radical (unpaired) electrons. The molecule has 1 saturated heterocycles. The van der Waals surface area contributed by atoms with Crippen molar-refractivity contribution in [2.24, 2.45) is 5.92 Å². The fourth-order valence-electron chi connectivity index (χ4n) is 3.07. The number of rotatable bonds is 7. The molecule has 2 atom stereocenters. The van der Waals surface area contributed by atoms with Crippen molar-refractivity contribution >= 4 is 0 Å². The number of aliphatic hydroxyl groups excluding tert-OH is 2. The maximum atomic E-state index is 10.5. The molecule has 0 aliphatic carbocycles. The average molecular weight is 289 g/mol. The van der Waals surface area contributed by atoms with Crippen LogP contribution in [0.4, 0.5) is 0 Å². The van der Waals surface area contributed by atoms with Crippen LogP contribution < -0.4 is 0 Å². The summed E-state index contributed by atoms with van der Waals surface area (Å²) in [6.45, 7) is 6.34. The summed E-state index contributed by atoms with van der Waals surface area (Å²) in [4.78, 5) is 2.31. The Hall–Kier alpha value is -1.16. The highest BCUT2D eigenvalue weighted by Gasteiger charge is 2.26. The lowest BCUT2D eigenvalue weighted by molar-refractivity contribution is 0.0387. The molecule has 116 valence electrons. The molecule has 0 bridgehead atoms. The number of hydrogen-bond acceptors (Lipinski definition) is 3. The van der Waals surface area contributed by atoms with Gasteiger partial charge in [0.1, 0.15) is 0 Å². The predicted octanol–water partition coefficient (Wildman–Crippen LogP) is 2.76. The van der Waals surface area contributed by atoms with Gasteiger partial charge in [-0.15, -0.1) is 6.58 Å². The normalized spacial score (nSPS) is 20.1. The fourth-order valence-corrected chi connectivity index (χ4v) is 3.07. The maximum absolute atomic E-state index is 10.5. The van der Waals surface area contributed by atoms with Gasteiger partial charge >= 0.3 is 0 Å². The summed E-state index contributed by atoms with van der Waals surface area (Å²) in [5.74, 6) is 0.328. The molecule has 0 amide bonds. The van der Waals surface area contributed by atoms with E-state index in [1.807, 2.05) is 36.4 Å². The first-order valence-electron chi connectivity index (χ1n) is 7.95. The van der Waals surface area contributed by atoms with Crippen LogP contribution in [0.2, 0.25) is 0 Å². The lowest BCUT2D eigenvalue weighted by Crippen LogP contribution is -2.40. The Labute approximate surface area is 127 Å². The number of nitrogens with zero attached hydrogens (tertiary/aromatic N) is 1. The predicted molar refractivity (Wildman–Crippen MR) is 86.0 cm³/mol. The highest BCUT2D eigenvalue weighted by Crippen LogP contribution is 2.30. The minimum absolute atomic E-state index is 0.265. The summed E-state index contributed by atoms with van der Waals surface area (Å²) in [6.07, 6.45) is 4.86. The third kappa shape index (κ3) is 4.95. The van der Waals surface area contributed by atoms with Gasteiger partial charge in [-0.05, 0) is 50.3 Å². The molecule has 0 aromatic heterocycles. The second-order valence-corrected chi connectivity index (χ2v) is 6.01. The molecule has 0 saturated carbocycles. The number of β-amino-alcohol motifs (C(OH)–C–C–N with tert-alkyl or cyclic N) is 1. The zero-order chi connectivity index (χ0) is 15.1. The van der Waals surface area contributed by atoms with Gasteiger partial charge in [-0.3, -0.25) is 0 Å². The van der Waals surface area contributed by atoms with Crippen LogP contribution in [0.15, 0.2) is 43.0 Å². The lowest BCUT2D eigenvalue weighted by atomic mass is 9.87. The van der Waals surface area contributed by atoms with E-state index in [0.717, 1.165) is 50.9 Å². The molecule has 0 spiro atoms. The van der Waals surface area contributed by atoms with Gasteiger partial charge in [-0.25, -0.2) is 0 Å². The van der Waals surface area contributed by atoms with Gasteiger partial charge in [0.25, 0.3) is 0 Å². The summed E-state index contributed by atoms with van der Waals surface area (Å²) in [5.41, 5.74) is 1.02. The smallest absolute Gasteiger partial charge is 0.0819 e. The molecular weight excluding hydrogens is 262 g/mol. The lowest BCUT2D eigenvalue weighted by Gasteiger charge is -2.35. The number of likely N-dealkylation sites (tertiary alicyclic amines) is 1. The monoisotopic (exact) mass is 289 g/mol. The number of benzene rings is 1. The van der Waals surface area contributed by atoms with E-state index in [9.17, 15) is 10.2 Å². The van der Waals surface area contributed by atoms with Gasteiger partial charge in [-0.1, -0.05) is 36.4 Å². The minimum Gasteiger partial charge on any atom is -0.392 e. The maximum Gasteiger partial charge on any atom is 0.0819 e. The van der Waals surface area contributed by atoms with Crippen molar-refractivity contribution < 1.29 is 10.2 Å². The first-order valence-corrected chi connectivity index (χ1v) is 7.95. The van der Waals surface area contributed by atoms with Crippen LogP contribution in [0, 0.1) is 5.92 Å². The zero-order valence-electron chi connectivity index (χ0n) is 12.7. The quantitative estimate of drug-likeness (QED) is 0.759. The topological polar surface area (TPSA) is 43.7 Å². The number of allylic oxidation sites excluding steroid dienone is 1. The van der Waals surface area contributed by atoms with E-state index in [1.165, 1.54) is 0 Å². The van der Waals surface area contributed by atoms with E-state index in [2.05, 4.69) is 11.5 Å². The number of aliphatic hydroxyl groups is 2. The summed E-state index contributed by atoms with van der Waals surface area (Å²) in [7, 11) is 0. The standard InChI is InChI=1S/C18H27NO2/c1-2-3-9-17(20)14-19-12-10-16(11-13-19)18(21)15-7-5-4-6-8-15/h2,4-8,16-18,20-21H,1,3,9-14H2. The average Bonchev–Trinajstić information content (AvgIpc) is 2.54. The van der Waals surface area contributed by atoms with E-state index in [0.29, 0.717) is 5.92 Å². The Bertz CT molecular complexity index is 412. The van der Waals surface area contributed by atoms with Gasteiger partial charge in [0.05, 0.1) is 12.2 Å². The molecule has 1 aliphatic heterocycles. The van der Waals surface area contributed by atoms with Crippen LogP contribution in [0.3, 0.4) is 0 Å². The van der Waals surface area contributed by atoms with Crippen LogP contribution in [-0.2, 0) is 0 Å². The number of piperidine rings is 1. The molecule has 1 aromatic carbocycles. The van der Waals surface area contributed by atoms with Crippen LogP contribution in [0.5, 0.6) is 0 Å². The third-order valence-corrected chi connectivity index (χ3v) is 4.39. The van der Waals surface area contributed by atoms with E-state index in [4.69, 9.17) is 0 Å². The van der Waals surface area contributed by atoms with Crippen molar-refractivity contribution in [3.63, 3.8) is 0 Å². The van der Waals surface area contributed by atoms with E-state index in [-0.39, 0.29) is 12.2 Å². The summed E-state index contributed by atoms with van der Waals surface area (Å²) >= 11 is 0. The molecule has 2 unspecified atom stereocenters. The molecule has 1 heterocycles. The molecule has 3 heteroatoms. The van der Waals surface area contributed by atoms with Gasteiger partial charge in [-0.2, -0.15) is 0 Å². The Balaban J connectivity index is 1.76. The van der Waals surface area contributed by atoms with Crippen molar-refractivity contribution in [3.05, 3.63) is 48.6 Å². The van der Waals surface area contributed by atoms with Gasteiger partial charge in [0.15, 0.2) is 0 Å². The SMILES string of the molecule is C=CCCC(O)CN1CCC(C(O)c2ccccc2)CC1. The second kappa shape index (κ2) is 8.32. The van der Waals surface area contributed by atoms with E-state index < -0.39 is 0 Å². The van der Waals surface area contributed by atoms with Crippen molar-refractivity contribution in [2.45, 2.75) is 37.9 Å². The summed E-state index contributed by atoms with van der Waals surface area (Å²) in [5, 5.41) is 20.4. The molecule has 3 nitrogen and oxygen atoms in total. The first kappa shape index (κ1) is 16.2. The van der Waals surface area contributed by atoms with Crippen molar-refractivity contribution in [1.82, 2.24) is 4.90 Å². The molecular formula is C18H27NO2. The largest absolute Gasteiger partial charge is 0.392 e.